The maximum Gasteiger partial charge on any atom is 0.275 e. The predicted octanol–water partition coefficient (Wildman–Crippen LogP) is 4.08. The number of para-hydroxylation sites is 1. The fraction of sp³-hybridized carbons (Fsp3) is 0.400. The first-order valence-electron chi connectivity index (χ1n) is 13.9. The fourth-order valence-corrected chi connectivity index (χ4v) is 5.95. The van der Waals surface area contributed by atoms with Crippen molar-refractivity contribution in [3.05, 3.63) is 69.7 Å². The molecular formula is C30H36N6O3S. The number of likely N-dealkylation sites (tertiary alicyclic amines) is 1. The molecule has 3 amide bonds. The Morgan fingerprint density at radius 3 is 2.38 bits per heavy atom. The van der Waals surface area contributed by atoms with Crippen LogP contribution in [0.1, 0.15) is 50.5 Å². The SMILES string of the molecule is Cc1ccccc1N1CCN(c2ccc(C(=O)NCCCN3CCCC3=O)cc2NC(=O)c2ncsc2C)CC1. The Hall–Kier alpha value is -3.92. The number of aromatic nitrogens is 1. The Bertz CT molecular complexity index is 1380. The van der Waals surface area contributed by atoms with Crippen molar-refractivity contribution in [2.45, 2.75) is 33.1 Å². The average Bonchev–Trinajstić information content (AvgIpc) is 3.58. The number of amides is 3. The molecule has 2 fully saturated rings. The van der Waals surface area contributed by atoms with Gasteiger partial charge in [-0.1, -0.05) is 18.2 Å². The third kappa shape index (κ3) is 6.28. The van der Waals surface area contributed by atoms with Gasteiger partial charge in [0.05, 0.1) is 16.9 Å². The lowest BCUT2D eigenvalue weighted by molar-refractivity contribution is -0.127. The van der Waals surface area contributed by atoms with E-state index in [-0.39, 0.29) is 17.7 Å². The predicted molar refractivity (Wildman–Crippen MR) is 160 cm³/mol. The van der Waals surface area contributed by atoms with Crippen molar-refractivity contribution in [2.24, 2.45) is 0 Å². The van der Waals surface area contributed by atoms with Crippen molar-refractivity contribution in [1.82, 2.24) is 15.2 Å². The summed E-state index contributed by atoms with van der Waals surface area (Å²) < 4.78 is 0. The molecule has 2 aromatic carbocycles. The number of hydrogen-bond acceptors (Lipinski definition) is 7. The first-order valence-corrected chi connectivity index (χ1v) is 14.8. The van der Waals surface area contributed by atoms with Gasteiger partial charge in [0.1, 0.15) is 5.69 Å². The smallest absolute Gasteiger partial charge is 0.275 e. The second-order valence-corrected chi connectivity index (χ2v) is 11.4. The van der Waals surface area contributed by atoms with Crippen LogP contribution >= 0.6 is 11.3 Å². The Morgan fingerprint density at radius 2 is 1.70 bits per heavy atom. The highest BCUT2D eigenvalue weighted by atomic mass is 32.1. The summed E-state index contributed by atoms with van der Waals surface area (Å²) in [6.45, 7) is 9.21. The van der Waals surface area contributed by atoms with Crippen LogP contribution in [0.2, 0.25) is 0 Å². The summed E-state index contributed by atoms with van der Waals surface area (Å²) in [7, 11) is 0. The molecule has 0 bridgehead atoms. The van der Waals surface area contributed by atoms with Gasteiger partial charge in [-0.2, -0.15) is 0 Å². The molecule has 2 N–H and O–H groups in total. The van der Waals surface area contributed by atoms with Gasteiger partial charge in [-0.3, -0.25) is 14.4 Å². The summed E-state index contributed by atoms with van der Waals surface area (Å²) in [6.07, 6.45) is 2.23. The van der Waals surface area contributed by atoms with Crippen molar-refractivity contribution < 1.29 is 14.4 Å². The number of hydrogen-bond donors (Lipinski definition) is 2. The molecule has 2 saturated heterocycles. The average molecular weight is 561 g/mol. The second kappa shape index (κ2) is 12.5. The molecule has 3 aromatic rings. The van der Waals surface area contributed by atoms with E-state index in [2.05, 4.69) is 56.6 Å². The van der Waals surface area contributed by atoms with Crippen LogP contribution in [0, 0.1) is 13.8 Å². The van der Waals surface area contributed by atoms with E-state index >= 15 is 0 Å². The number of anilines is 3. The van der Waals surface area contributed by atoms with Gasteiger partial charge < -0.3 is 25.3 Å². The first kappa shape index (κ1) is 27.6. The number of benzene rings is 2. The Morgan fingerprint density at radius 1 is 0.950 bits per heavy atom. The standard InChI is InChI=1S/C30H36N6O3S/c1-21-7-3-4-8-25(21)34-15-17-35(18-16-34)26-11-10-23(19-24(26)33-30(39)28-22(2)40-20-32-28)29(38)31-12-6-14-36-13-5-9-27(36)37/h3-4,7-8,10-11,19-20H,5-6,9,12-18H2,1-2H3,(H,31,38)(H,33,39). The van der Waals surface area contributed by atoms with E-state index in [4.69, 9.17) is 0 Å². The van der Waals surface area contributed by atoms with Crippen molar-refractivity contribution >= 4 is 46.1 Å². The monoisotopic (exact) mass is 560 g/mol. The van der Waals surface area contributed by atoms with Crippen LogP contribution in [0.5, 0.6) is 0 Å². The van der Waals surface area contributed by atoms with Crippen molar-refractivity contribution in [3.8, 4) is 0 Å². The lowest BCUT2D eigenvalue weighted by Gasteiger charge is -2.38. The third-order valence-electron chi connectivity index (χ3n) is 7.61. The maximum atomic E-state index is 13.1. The van der Waals surface area contributed by atoms with Gasteiger partial charge in [0.15, 0.2) is 0 Å². The van der Waals surface area contributed by atoms with Gasteiger partial charge in [0, 0.05) is 68.4 Å². The van der Waals surface area contributed by atoms with Crippen LogP contribution in [0.4, 0.5) is 17.1 Å². The molecule has 0 atom stereocenters. The molecule has 0 radical (unpaired) electrons. The third-order valence-corrected chi connectivity index (χ3v) is 8.36. The molecule has 210 valence electrons. The molecule has 3 heterocycles. The molecule has 0 unspecified atom stereocenters. The lowest BCUT2D eigenvalue weighted by Crippen LogP contribution is -2.47. The molecule has 0 saturated carbocycles. The van der Waals surface area contributed by atoms with E-state index in [0.29, 0.717) is 42.9 Å². The van der Waals surface area contributed by atoms with E-state index in [1.54, 1.807) is 11.6 Å². The number of carbonyl (C=O) groups excluding carboxylic acids is 3. The molecule has 40 heavy (non-hydrogen) atoms. The molecule has 2 aliphatic heterocycles. The van der Waals surface area contributed by atoms with Crippen LogP contribution in [-0.4, -0.2) is 73.4 Å². The molecular weight excluding hydrogens is 524 g/mol. The second-order valence-electron chi connectivity index (χ2n) is 10.3. The summed E-state index contributed by atoms with van der Waals surface area (Å²) in [6, 6.07) is 13.9. The fourth-order valence-electron chi connectivity index (χ4n) is 5.38. The summed E-state index contributed by atoms with van der Waals surface area (Å²) in [5, 5.41) is 6.00. The highest BCUT2D eigenvalue weighted by Gasteiger charge is 2.23. The highest BCUT2D eigenvalue weighted by Crippen LogP contribution is 2.31. The summed E-state index contributed by atoms with van der Waals surface area (Å²) in [5.74, 6) is -0.298. The topological polar surface area (TPSA) is 97.9 Å². The molecule has 2 aliphatic rings. The number of carbonyl (C=O) groups is 3. The van der Waals surface area contributed by atoms with Gasteiger partial charge in [-0.15, -0.1) is 11.3 Å². The molecule has 0 aliphatic carbocycles. The maximum absolute atomic E-state index is 13.1. The number of nitrogens with zero attached hydrogens (tertiary/aromatic N) is 4. The van der Waals surface area contributed by atoms with Crippen LogP contribution in [0.15, 0.2) is 48.0 Å². The van der Waals surface area contributed by atoms with Gasteiger partial charge >= 0.3 is 0 Å². The van der Waals surface area contributed by atoms with Crippen molar-refractivity contribution in [2.75, 3.05) is 60.9 Å². The first-order chi connectivity index (χ1) is 19.4. The molecule has 5 rings (SSSR count). The number of thiazole rings is 1. The van der Waals surface area contributed by atoms with Crippen LogP contribution in [0.25, 0.3) is 0 Å². The molecule has 9 nitrogen and oxygen atoms in total. The van der Waals surface area contributed by atoms with Gasteiger partial charge in [-0.25, -0.2) is 4.98 Å². The minimum Gasteiger partial charge on any atom is -0.368 e. The number of aryl methyl sites for hydroxylation is 2. The zero-order valence-electron chi connectivity index (χ0n) is 23.1. The van der Waals surface area contributed by atoms with Gasteiger partial charge in [-0.05, 0) is 56.5 Å². The quantitative estimate of drug-likeness (QED) is 0.383. The van der Waals surface area contributed by atoms with Crippen molar-refractivity contribution in [3.63, 3.8) is 0 Å². The van der Waals surface area contributed by atoms with E-state index in [1.165, 1.54) is 22.6 Å². The summed E-state index contributed by atoms with van der Waals surface area (Å²) in [4.78, 5) is 49.5. The van der Waals surface area contributed by atoms with Crippen LogP contribution in [-0.2, 0) is 4.79 Å². The normalized spacial score (nSPS) is 15.4. The minimum atomic E-state index is -0.286. The molecule has 1 aromatic heterocycles. The largest absolute Gasteiger partial charge is 0.368 e. The zero-order valence-corrected chi connectivity index (χ0v) is 23.9. The highest BCUT2D eigenvalue weighted by molar-refractivity contribution is 7.09. The lowest BCUT2D eigenvalue weighted by atomic mass is 10.1. The van der Waals surface area contributed by atoms with Gasteiger partial charge in [0.2, 0.25) is 5.91 Å². The number of rotatable bonds is 9. The van der Waals surface area contributed by atoms with Crippen LogP contribution in [0.3, 0.4) is 0 Å². The summed E-state index contributed by atoms with van der Waals surface area (Å²) in [5.41, 5.74) is 6.51. The number of nitrogens with one attached hydrogen (secondary N) is 2. The van der Waals surface area contributed by atoms with Crippen LogP contribution < -0.4 is 20.4 Å². The Balaban J connectivity index is 1.29. The number of piperazine rings is 1. The minimum absolute atomic E-state index is 0.192. The van der Waals surface area contributed by atoms with E-state index in [1.807, 2.05) is 24.0 Å². The Kier molecular flexibility index (Phi) is 8.64. The summed E-state index contributed by atoms with van der Waals surface area (Å²) >= 11 is 1.43. The Labute approximate surface area is 239 Å². The molecule has 0 spiro atoms. The van der Waals surface area contributed by atoms with E-state index in [9.17, 15) is 14.4 Å². The zero-order chi connectivity index (χ0) is 28.1. The van der Waals surface area contributed by atoms with E-state index in [0.717, 1.165) is 49.7 Å². The van der Waals surface area contributed by atoms with Gasteiger partial charge in [0.25, 0.3) is 11.8 Å². The molecule has 10 heteroatoms. The van der Waals surface area contributed by atoms with E-state index < -0.39 is 0 Å². The van der Waals surface area contributed by atoms with Crippen molar-refractivity contribution in [1.29, 1.82) is 0 Å².